The molecule has 2 aliphatic rings. The Hall–Kier alpha value is -2.69. The lowest BCUT2D eigenvalue weighted by molar-refractivity contribution is 0.0729. The van der Waals surface area contributed by atoms with Crippen molar-refractivity contribution >= 4 is 27.3 Å². The predicted octanol–water partition coefficient (Wildman–Crippen LogP) is 3.10. The first-order valence-electron chi connectivity index (χ1n) is 11.0. The number of rotatable bonds is 6. The molecule has 0 aliphatic carbocycles. The maximum Gasteiger partial charge on any atom is 0.255 e. The fraction of sp³-hybridized carbons (Fsp3) is 0.435. The van der Waals surface area contributed by atoms with E-state index in [1.807, 2.05) is 0 Å². The molecule has 2 aromatic rings. The Morgan fingerprint density at radius 3 is 2.45 bits per heavy atom. The number of ether oxygens (including phenoxy) is 2. The van der Waals surface area contributed by atoms with Crippen LogP contribution in [0.5, 0.6) is 5.75 Å². The summed E-state index contributed by atoms with van der Waals surface area (Å²) in [5.41, 5.74) is 1.24. The van der Waals surface area contributed by atoms with E-state index in [1.54, 1.807) is 6.07 Å². The summed E-state index contributed by atoms with van der Waals surface area (Å²) in [6.07, 6.45) is 3.21. The van der Waals surface area contributed by atoms with E-state index in [4.69, 9.17) is 9.47 Å². The van der Waals surface area contributed by atoms with Crippen LogP contribution in [0.3, 0.4) is 0 Å². The second kappa shape index (κ2) is 10.1. The van der Waals surface area contributed by atoms with E-state index >= 15 is 0 Å². The lowest BCUT2D eigenvalue weighted by atomic mass is 10.1. The zero-order valence-corrected chi connectivity index (χ0v) is 19.4. The number of benzene rings is 2. The molecule has 0 aromatic heterocycles. The van der Waals surface area contributed by atoms with Gasteiger partial charge in [-0.25, -0.2) is 12.8 Å². The number of carbonyl (C=O) groups excluding carboxylic acids is 1. The number of anilines is 2. The van der Waals surface area contributed by atoms with Crippen LogP contribution in [-0.2, 0) is 14.8 Å². The van der Waals surface area contributed by atoms with Crippen molar-refractivity contribution in [2.24, 2.45) is 0 Å². The number of nitrogens with zero attached hydrogens (tertiary/aromatic N) is 2. The summed E-state index contributed by atoms with van der Waals surface area (Å²) in [6.45, 7) is 2.73. The van der Waals surface area contributed by atoms with Gasteiger partial charge in [0, 0.05) is 31.7 Å². The first kappa shape index (κ1) is 23.5. The predicted molar refractivity (Wildman–Crippen MR) is 123 cm³/mol. The molecule has 2 aromatic carbocycles. The van der Waals surface area contributed by atoms with Gasteiger partial charge in [-0.2, -0.15) is 4.31 Å². The minimum Gasteiger partial charge on any atom is -0.495 e. The van der Waals surface area contributed by atoms with Crippen LogP contribution in [0.25, 0.3) is 0 Å². The molecule has 0 bridgehead atoms. The lowest BCUT2D eigenvalue weighted by Crippen LogP contribution is -2.40. The Morgan fingerprint density at radius 2 is 1.76 bits per heavy atom. The molecule has 178 valence electrons. The molecular weight excluding hydrogens is 449 g/mol. The van der Waals surface area contributed by atoms with Gasteiger partial charge in [0.1, 0.15) is 16.5 Å². The highest BCUT2D eigenvalue weighted by Gasteiger charge is 2.30. The van der Waals surface area contributed by atoms with Crippen LogP contribution in [0.15, 0.2) is 41.3 Å². The standard InChI is InChI=1S/C23H28FN3O5S/c1-31-21-8-5-17(15-22(21)33(29,30)27-11-13-32-14-12-27)23(28)25-19-16-18(24)6-7-20(19)26-9-3-2-4-10-26/h5-8,15-16H,2-4,9-14H2,1H3,(H,25,28). The van der Waals surface area contributed by atoms with E-state index in [1.165, 1.54) is 41.7 Å². The molecular formula is C23H28FN3O5S. The number of carbonyl (C=O) groups is 1. The Morgan fingerprint density at radius 1 is 1.03 bits per heavy atom. The number of halogens is 1. The molecule has 10 heteroatoms. The zero-order valence-electron chi connectivity index (χ0n) is 18.5. The largest absolute Gasteiger partial charge is 0.495 e. The first-order chi connectivity index (χ1) is 15.9. The van der Waals surface area contributed by atoms with Crippen LogP contribution in [0.1, 0.15) is 29.6 Å². The number of hydrogen-bond donors (Lipinski definition) is 1. The number of sulfonamides is 1. The Bertz CT molecular complexity index is 1110. The molecule has 0 spiro atoms. The summed E-state index contributed by atoms with van der Waals surface area (Å²) in [6, 6.07) is 8.58. The molecule has 0 saturated carbocycles. The van der Waals surface area contributed by atoms with Gasteiger partial charge in [0.15, 0.2) is 0 Å². The van der Waals surface area contributed by atoms with Gasteiger partial charge in [0.2, 0.25) is 10.0 Å². The van der Waals surface area contributed by atoms with E-state index in [9.17, 15) is 17.6 Å². The summed E-state index contributed by atoms with van der Waals surface area (Å²) in [7, 11) is -2.51. The number of nitrogens with one attached hydrogen (secondary N) is 1. The van der Waals surface area contributed by atoms with Crippen LogP contribution in [0, 0.1) is 5.82 Å². The third kappa shape index (κ3) is 5.13. The molecule has 4 rings (SSSR count). The molecule has 33 heavy (non-hydrogen) atoms. The van der Waals surface area contributed by atoms with Gasteiger partial charge in [0.25, 0.3) is 5.91 Å². The molecule has 2 aliphatic heterocycles. The van der Waals surface area contributed by atoms with Gasteiger partial charge in [-0.15, -0.1) is 0 Å². The number of hydrogen-bond acceptors (Lipinski definition) is 6. The topological polar surface area (TPSA) is 88.2 Å². The highest BCUT2D eigenvalue weighted by atomic mass is 32.2. The first-order valence-corrected chi connectivity index (χ1v) is 12.5. The second-order valence-corrected chi connectivity index (χ2v) is 9.95. The van der Waals surface area contributed by atoms with Crippen molar-refractivity contribution in [3.05, 3.63) is 47.8 Å². The van der Waals surface area contributed by atoms with Crippen LogP contribution in [-0.4, -0.2) is 65.1 Å². The molecule has 1 amide bonds. The van der Waals surface area contributed by atoms with E-state index in [0.29, 0.717) is 18.9 Å². The average molecular weight is 478 g/mol. The third-order valence-electron chi connectivity index (χ3n) is 5.92. The Labute approximate surface area is 193 Å². The van der Waals surface area contributed by atoms with Crippen molar-refractivity contribution in [3.63, 3.8) is 0 Å². The van der Waals surface area contributed by atoms with Gasteiger partial charge < -0.3 is 19.7 Å². The van der Waals surface area contributed by atoms with Crippen molar-refractivity contribution in [1.82, 2.24) is 4.31 Å². The summed E-state index contributed by atoms with van der Waals surface area (Å²) in [4.78, 5) is 15.1. The van der Waals surface area contributed by atoms with Crippen molar-refractivity contribution in [2.75, 3.05) is 56.7 Å². The minimum atomic E-state index is -3.89. The maximum atomic E-state index is 14.0. The SMILES string of the molecule is COc1ccc(C(=O)Nc2cc(F)ccc2N2CCCCC2)cc1S(=O)(=O)N1CCOCC1. The normalized spacial score (nSPS) is 17.6. The second-order valence-electron chi connectivity index (χ2n) is 8.05. The highest BCUT2D eigenvalue weighted by molar-refractivity contribution is 7.89. The smallest absolute Gasteiger partial charge is 0.255 e. The van der Waals surface area contributed by atoms with Gasteiger partial charge in [0.05, 0.1) is 31.7 Å². The lowest BCUT2D eigenvalue weighted by Gasteiger charge is -2.30. The molecule has 8 nitrogen and oxygen atoms in total. The highest BCUT2D eigenvalue weighted by Crippen LogP contribution is 2.32. The summed E-state index contributed by atoms with van der Waals surface area (Å²) < 4.78 is 52.3. The van der Waals surface area contributed by atoms with Crippen molar-refractivity contribution in [3.8, 4) is 5.75 Å². The van der Waals surface area contributed by atoms with Gasteiger partial charge in [-0.1, -0.05) is 0 Å². The number of piperidine rings is 1. The van der Waals surface area contributed by atoms with Crippen molar-refractivity contribution in [1.29, 1.82) is 0 Å². The number of methoxy groups -OCH3 is 1. The molecule has 2 heterocycles. The Balaban J connectivity index is 1.63. The van der Waals surface area contributed by atoms with E-state index in [2.05, 4.69) is 10.2 Å². The van der Waals surface area contributed by atoms with Gasteiger partial charge >= 0.3 is 0 Å². The third-order valence-corrected chi connectivity index (χ3v) is 7.84. The fourth-order valence-corrected chi connectivity index (χ4v) is 5.75. The summed E-state index contributed by atoms with van der Waals surface area (Å²) in [5, 5.41) is 2.77. The van der Waals surface area contributed by atoms with Crippen molar-refractivity contribution < 1.29 is 27.1 Å². The zero-order chi connectivity index (χ0) is 23.4. The summed E-state index contributed by atoms with van der Waals surface area (Å²) >= 11 is 0. The van der Waals surface area contributed by atoms with Crippen LogP contribution in [0.2, 0.25) is 0 Å². The van der Waals surface area contributed by atoms with Gasteiger partial charge in [-0.05, 0) is 55.7 Å². The summed E-state index contributed by atoms with van der Waals surface area (Å²) in [5.74, 6) is -0.839. The molecule has 0 unspecified atom stereocenters. The quantitative estimate of drug-likeness (QED) is 0.688. The number of amides is 1. The van der Waals surface area contributed by atoms with Crippen LogP contribution < -0.4 is 15.0 Å². The maximum absolute atomic E-state index is 14.0. The van der Waals surface area contributed by atoms with E-state index < -0.39 is 21.7 Å². The molecule has 1 N–H and O–H groups in total. The molecule has 0 atom stereocenters. The molecule has 2 saturated heterocycles. The average Bonchev–Trinajstić information content (AvgIpc) is 2.84. The van der Waals surface area contributed by atoms with Crippen LogP contribution in [0.4, 0.5) is 15.8 Å². The minimum absolute atomic E-state index is 0.0879. The van der Waals surface area contributed by atoms with E-state index in [0.717, 1.165) is 38.0 Å². The number of morpholine rings is 1. The molecule has 0 radical (unpaired) electrons. The van der Waals surface area contributed by atoms with Crippen LogP contribution >= 0.6 is 0 Å². The van der Waals surface area contributed by atoms with Gasteiger partial charge in [-0.3, -0.25) is 4.79 Å². The molecule has 2 fully saturated rings. The monoisotopic (exact) mass is 477 g/mol. The van der Waals surface area contributed by atoms with Crippen molar-refractivity contribution in [2.45, 2.75) is 24.2 Å². The fourth-order valence-electron chi connectivity index (χ4n) is 4.16. The van der Waals surface area contributed by atoms with E-state index in [-0.39, 0.29) is 29.3 Å². The Kier molecular flexibility index (Phi) is 7.16.